The third kappa shape index (κ3) is 6.41. The van der Waals surface area contributed by atoms with Crippen LogP contribution in [0.1, 0.15) is 29.2 Å². The van der Waals surface area contributed by atoms with E-state index in [-0.39, 0.29) is 23.9 Å². The highest BCUT2D eigenvalue weighted by Gasteiger charge is 2.36. The molecule has 0 saturated carbocycles. The van der Waals surface area contributed by atoms with E-state index in [0.717, 1.165) is 27.8 Å². The summed E-state index contributed by atoms with van der Waals surface area (Å²) in [5.41, 5.74) is 3.73. The fraction of sp³-hybridized carbons (Fsp3) is 0.207. The number of aryl methyl sites for hydroxylation is 2. The minimum Gasteiger partial charge on any atom is -0.490 e. The van der Waals surface area contributed by atoms with Crippen LogP contribution in [0.2, 0.25) is 0 Å². The highest BCUT2D eigenvalue weighted by Crippen LogP contribution is 2.35. The van der Waals surface area contributed by atoms with E-state index in [1.165, 1.54) is 6.07 Å². The molecule has 9 heteroatoms. The van der Waals surface area contributed by atoms with E-state index in [4.69, 9.17) is 9.47 Å². The minimum absolute atomic E-state index is 0.0230. The number of halogens is 1. The number of imide groups is 1. The Morgan fingerprint density at radius 3 is 2.53 bits per heavy atom. The molecule has 0 spiro atoms. The first kappa shape index (κ1) is 26.9. The largest absolute Gasteiger partial charge is 0.490 e. The van der Waals surface area contributed by atoms with Gasteiger partial charge in [0, 0.05) is 11.3 Å². The van der Waals surface area contributed by atoms with Crippen molar-refractivity contribution in [1.82, 2.24) is 4.90 Å². The van der Waals surface area contributed by atoms with Crippen LogP contribution in [0.25, 0.3) is 6.08 Å². The van der Waals surface area contributed by atoms with Gasteiger partial charge in [-0.25, -0.2) is 4.39 Å². The number of hydrogen-bond donors (Lipinski definition) is 1. The van der Waals surface area contributed by atoms with Crippen LogP contribution in [0.4, 0.5) is 14.9 Å². The zero-order valence-corrected chi connectivity index (χ0v) is 22.1. The zero-order valence-electron chi connectivity index (χ0n) is 21.2. The first-order valence-electron chi connectivity index (χ1n) is 12.0. The monoisotopic (exact) mass is 534 g/mol. The smallest absolute Gasteiger partial charge is 0.294 e. The van der Waals surface area contributed by atoms with Gasteiger partial charge in [0.25, 0.3) is 11.1 Å². The number of anilines is 1. The molecular formula is C29H27FN2O5S. The Bertz CT molecular complexity index is 1420. The first-order valence-corrected chi connectivity index (χ1v) is 12.8. The van der Waals surface area contributed by atoms with Crippen LogP contribution < -0.4 is 14.8 Å². The summed E-state index contributed by atoms with van der Waals surface area (Å²) in [6.07, 6.45) is 1.56. The maximum atomic E-state index is 13.9. The molecule has 1 N–H and O–H groups in total. The minimum atomic E-state index is -0.548. The van der Waals surface area contributed by atoms with E-state index >= 15 is 0 Å². The fourth-order valence-electron chi connectivity index (χ4n) is 3.72. The summed E-state index contributed by atoms with van der Waals surface area (Å²) in [5.74, 6) is -0.534. The van der Waals surface area contributed by atoms with Crippen LogP contribution >= 0.6 is 11.8 Å². The molecule has 196 valence electrons. The van der Waals surface area contributed by atoms with Gasteiger partial charge in [0.1, 0.15) is 19.0 Å². The molecule has 0 atom stereocenters. The van der Waals surface area contributed by atoms with Crippen molar-refractivity contribution < 1.29 is 28.2 Å². The SMILES string of the molecule is CCOc1cc(/C=C2/SC(=O)N(CC(=O)Nc3ccc(C)c(C)c3)C2=O)ccc1OCc1ccccc1F. The van der Waals surface area contributed by atoms with Gasteiger partial charge < -0.3 is 14.8 Å². The van der Waals surface area contributed by atoms with Crippen molar-refractivity contribution in [1.29, 1.82) is 0 Å². The highest BCUT2D eigenvalue weighted by molar-refractivity contribution is 8.18. The maximum absolute atomic E-state index is 13.9. The van der Waals surface area contributed by atoms with Crippen molar-refractivity contribution in [2.45, 2.75) is 27.4 Å². The van der Waals surface area contributed by atoms with Crippen molar-refractivity contribution in [3.05, 3.63) is 93.6 Å². The Morgan fingerprint density at radius 2 is 1.79 bits per heavy atom. The third-order valence-electron chi connectivity index (χ3n) is 5.87. The Labute approximate surface area is 224 Å². The topological polar surface area (TPSA) is 84.9 Å². The molecule has 1 heterocycles. The summed E-state index contributed by atoms with van der Waals surface area (Å²) in [6.45, 7) is 5.73. The number of nitrogens with zero attached hydrogens (tertiary/aromatic N) is 1. The van der Waals surface area contributed by atoms with Gasteiger partial charge in [-0.1, -0.05) is 30.3 Å². The van der Waals surface area contributed by atoms with Gasteiger partial charge in [-0.3, -0.25) is 19.3 Å². The summed E-state index contributed by atoms with van der Waals surface area (Å²) >= 11 is 0.767. The molecule has 38 heavy (non-hydrogen) atoms. The molecule has 3 aromatic rings. The van der Waals surface area contributed by atoms with Gasteiger partial charge in [0.05, 0.1) is 11.5 Å². The van der Waals surface area contributed by atoms with Crippen LogP contribution in [0.5, 0.6) is 11.5 Å². The van der Waals surface area contributed by atoms with Crippen molar-refractivity contribution in [3.63, 3.8) is 0 Å². The second kappa shape index (κ2) is 12.0. The van der Waals surface area contributed by atoms with Gasteiger partial charge in [-0.2, -0.15) is 0 Å². The number of thioether (sulfide) groups is 1. The van der Waals surface area contributed by atoms with Crippen LogP contribution in [-0.2, 0) is 16.2 Å². The predicted octanol–water partition coefficient (Wildman–Crippen LogP) is 6.10. The number of hydrogen-bond acceptors (Lipinski definition) is 6. The lowest BCUT2D eigenvalue weighted by Gasteiger charge is -2.13. The standard InChI is InChI=1S/C29H27FN2O5S/c1-4-36-25-14-20(10-12-24(25)37-17-21-7-5-6-8-23(21)30)15-26-28(34)32(29(35)38-26)16-27(33)31-22-11-9-18(2)19(3)13-22/h5-15H,4,16-17H2,1-3H3,(H,31,33)/b26-15+. The molecule has 0 aromatic heterocycles. The molecular weight excluding hydrogens is 507 g/mol. The van der Waals surface area contributed by atoms with E-state index < -0.39 is 17.1 Å². The normalized spacial score (nSPS) is 14.2. The van der Waals surface area contributed by atoms with E-state index in [2.05, 4.69) is 5.32 Å². The lowest BCUT2D eigenvalue weighted by molar-refractivity contribution is -0.127. The second-order valence-electron chi connectivity index (χ2n) is 8.63. The number of ether oxygens (including phenoxy) is 2. The summed E-state index contributed by atoms with van der Waals surface area (Å²) in [4.78, 5) is 39.1. The van der Waals surface area contributed by atoms with Crippen LogP contribution in [0, 0.1) is 19.7 Å². The lowest BCUT2D eigenvalue weighted by Crippen LogP contribution is -2.36. The summed E-state index contributed by atoms with van der Waals surface area (Å²) < 4.78 is 25.4. The first-order chi connectivity index (χ1) is 18.2. The zero-order chi connectivity index (χ0) is 27.2. The van der Waals surface area contributed by atoms with Crippen LogP contribution in [0.15, 0.2) is 65.6 Å². The number of benzene rings is 3. The average molecular weight is 535 g/mol. The lowest BCUT2D eigenvalue weighted by atomic mass is 10.1. The summed E-state index contributed by atoms with van der Waals surface area (Å²) in [6, 6.07) is 16.9. The number of carbonyl (C=O) groups excluding carboxylic acids is 3. The fourth-order valence-corrected chi connectivity index (χ4v) is 4.56. The number of carbonyl (C=O) groups is 3. The number of nitrogens with one attached hydrogen (secondary N) is 1. The van der Waals surface area contributed by atoms with Crippen molar-refractivity contribution in [3.8, 4) is 11.5 Å². The van der Waals surface area contributed by atoms with Crippen molar-refractivity contribution in [2.24, 2.45) is 0 Å². The second-order valence-corrected chi connectivity index (χ2v) is 9.63. The Balaban J connectivity index is 1.45. The maximum Gasteiger partial charge on any atom is 0.294 e. The Morgan fingerprint density at radius 1 is 1.00 bits per heavy atom. The van der Waals surface area contributed by atoms with E-state index in [0.29, 0.717) is 34.9 Å². The molecule has 0 bridgehead atoms. The number of amides is 3. The predicted molar refractivity (Wildman–Crippen MR) is 146 cm³/mol. The molecule has 1 fully saturated rings. The highest BCUT2D eigenvalue weighted by atomic mass is 32.2. The van der Waals surface area contributed by atoms with Gasteiger partial charge >= 0.3 is 0 Å². The molecule has 3 amide bonds. The van der Waals surface area contributed by atoms with Gasteiger partial charge in [-0.15, -0.1) is 0 Å². The van der Waals surface area contributed by atoms with E-state index in [1.807, 2.05) is 32.9 Å². The Hall–Kier alpha value is -4.11. The van der Waals surface area contributed by atoms with Gasteiger partial charge in [0.2, 0.25) is 5.91 Å². The van der Waals surface area contributed by atoms with E-state index in [1.54, 1.807) is 48.5 Å². The van der Waals surface area contributed by atoms with E-state index in [9.17, 15) is 18.8 Å². The quantitative estimate of drug-likeness (QED) is 0.334. The summed E-state index contributed by atoms with van der Waals surface area (Å²) in [5, 5.41) is 2.21. The van der Waals surface area contributed by atoms with Crippen molar-refractivity contribution >= 4 is 40.6 Å². The molecule has 3 aromatic carbocycles. The molecule has 1 aliphatic rings. The molecule has 0 aliphatic carbocycles. The molecule has 7 nitrogen and oxygen atoms in total. The number of rotatable bonds is 9. The van der Waals surface area contributed by atoms with Gasteiger partial charge in [-0.05, 0) is 85.6 Å². The van der Waals surface area contributed by atoms with Gasteiger partial charge in [0.15, 0.2) is 11.5 Å². The van der Waals surface area contributed by atoms with Crippen LogP contribution in [0.3, 0.4) is 0 Å². The molecule has 1 aliphatic heterocycles. The molecule has 0 unspecified atom stereocenters. The molecule has 0 radical (unpaired) electrons. The Kier molecular flexibility index (Phi) is 8.48. The summed E-state index contributed by atoms with van der Waals surface area (Å²) in [7, 11) is 0. The average Bonchev–Trinajstić information content (AvgIpc) is 3.14. The third-order valence-corrected chi connectivity index (χ3v) is 6.78. The molecule has 1 saturated heterocycles. The van der Waals surface area contributed by atoms with Crippen LogP contribution in [-0.4, -0.2) is 35.1 Å². The molecule has 4 rings (SSSR count). The van der Waals surface area contributed by atoms with Crippen molar-refractivity contribution in [2.75, 3.05) is 18.5 Å².